The summed E-state index contributed by atoms with van der Waals surface area (Å²) in [6.07, 6.45) is 0. The van der Waals surface area contributed by atoms with Gasteiger partial charge in [-0.3, -0.25) is 9.69 Å². The number of quaternary nitrogens is 1. The molecule has 2 aromatic carbocycles. The van der Waals surface area contributed by atoms with Crippen molar-refractivity contribution in [1.29, 1.82) is 0 Å². The number of anilines is 1. The Morgan fingerprint density at radius 2 is 1.87 bits per heavy atom. The van der Waals surface area contributed by atoms with Crippen LogP contribution in [0.15, 0.2) is 36.4 Å². The Balaban J connectivity index is 1.69. The van der Waals surface area contributed by atoms with Crippen molar-refractivity contribution in [1.82, 2.24) is 4.98 Å². The van der Waals surface area contributed by atoms with Gasteiger partial charge >= 0.3 is 0 Å². The van der Waals surface area contributed by atoms with E-state index in [4.69, 9.17) is 14.5 Å². The van der Waals surface area contributed by atoms with Crippen LogP contribution in [0.25, 0.3) is 10.2 Å². The Morgan fingerprint density at radius 3 is 2.57 bits per heavy atom. The molecular weight excluding hydrogens is 398 g/mol. The molecule has 0 saturated carbocycles. The van der Waals surface area contributed by atoms with Gasteiger partial charge in [0, 0.05) is 17.7 Å². The van der Waals surface area contributed by atoms with Crippen LogP contribution in [0.5, 0.6) is 11.5 Å². The summed E-state index contributed by atoms with van der Waals surface area (Å²) >= 11 is 1.52. The van der Waals surface area contributed by atoms with Crippen LogP contribution in [0, 0.1) is 6.92 Å². The maximum Gasteiger partial charge on any atom is 0.260 e. The van der Waals surface area contributed by atoms with Crippen molar-refractivity contribution in [3.05, 3.63) is 47.5 Å². The van der Waals surface area contributed by atoms with Gasteiger partial charge in [0.05, 0.1) is 36.4 Å². The van der Waals surface area contributed by atoms with Gasteiger partial charge in [0.25, 0.3) is 5.91 Å². The maximum atomic E-state index is 13.5. The number of hydrogen-bond donors (Lipinski definition) is 1. The highest BCUT2D eigenvalue weighted by atomic mass is 32.1. The van der Waals surface area contributed by atoms with E-state index in [0.29, 0.717) is 30.5 Å². The van der Waals surface area contributed by atoms with E-state index in [1.165, 1.54) is 16.2 Å². The third-order valence-corrected chi connectivity index (χ3v) is 6.51. The molecule has 0 bridgehead atoms. The standard InChI is InChI=1S/C23H27N3O3S/c1-4-25(5-2)9-10-26(22(27)17-8-6-7-16(3)13-17)23-24-18-14-19-20(15-21(18)30-23)29-12-11-28-19/h6-8,13-15H,4-5,9-12H2,1-3H3/p+1. The summed E-state index contributed by atoms with van der Waals surface area (Å²) in [5, 5.41) is 0.713. The lowest BCUT2D eigenvalue weighted by molar-refractivity contribution is -0.894. The number of carbonyl (C=O) groups excluding carboxylic acids is 1. The lowest BCUT2D eigenvalue weighted by Crippen LogP contribution is -3.12. The fraction of sp³-hybridized carbons (Fsp3) is 0.391. The van der Waals surface area contributed by atoms with Crippen LogP contribution in [0.1, 0.15) is 29.8 Å². The van der Waals surface area contributed by atoms with Crippen LogP contribution in [0.3, 0.4) is 0 Å². The van der Waals surface area contributed by atoms with Gasteiger partial charge in [0.1, 0.15) is 13.2 Å². The summed E-state index contributed by atoms with van der Waals surface area (Å²) < 4.78 is 12.4. The zero-order valence-corrected chi connectivity index (χ0v) is 18.6. The van der Waals surface area contributed by atoms with Crippen molar-refractivity contribution in [3.8, 4) is 11.5 Å². The Hall–Kier alpha value is -2.64. The predicted octanol–water partition coefficient (Wildman–Crippen LogP) is 2.95. The second-order valence-electron chi connectivity index (χ2n) is 7.49. The fourth-order valence-corrected chi connectivity index (χ4v) is 4.66. The van der Waals surface area contributed by atoms with Gasteiger partial charge in [-0.2, -0.15) is 0 Å². The molecule has 1 aliphatic rings. The summed E-state index contributed by atoms with van der Waals surface area (Å²) in [6.45, 7) is 11.0. The van der Waals surface area contributed by atoms with Crippen LogP contribution in [0.2, 0.25) is 0 Å². The normalized spacial score (nSPS) is 13.1. The number of rotatable bonds is 7. The van der Waals surface area contributed by atoms with Gasteiger partial charge in [-0.15, -0.1) is 0 Å². The van der Waals surface area contributed by atoms with Gasteiger partial charge in [0.15, 0.2) is 16.6 Å². The summed E-state index contributed by atoms with van der Waals surface area (Å²) in [4.78, 5) is 21.5. The first-order valence-corrected chi connectivity index (χ1v) is 11.3. The van der Waals surface area contributed by atoms with E-state index in [1.807, 2.05) is 48.2 Å². The zero-order chi connectivity index (χ0) is 21.1. The molecule has 3 aromatic rings. The molecule has 0 fully saturated rings. The second kappa shape index (κ2) is 9.02. The third-order valence-electron chi connectivity index (χ3n) is 5.47. The minimum Gasteiger partial charge on any atom is -0.486 e. The molecule has 0 radical (unpaired) electrons. The van der Waals surface area contributed by atoms with E-state index in [9.17, 15) is 4.79 Å². The molecule has 6 nitrogen and oxygen atoms in total. The number of thiazole rings is 1. The first kappa shape index (κ1) is 20.6. The average Bonchev–Trinajstić information content (AvgIpc) is 3.17. The lowest BCUT2D eigenvalue weighted by atomic mass is 10.1. The monoisotopic (exact) mass is 426 g/mol. The number of benzene rings is 2. The number of likely N-dealkylation sites (N-methyl/N-ethyl adjacent to an activating group) is 1. The van der Waals surface area contributed by atoms with Gasteiger partial charge in [0.2, 0.25) is 0 Å². The smallest absolute Gasteiger partial charge is 0.260 e. The van der Waals surface area contributed by atoms with Gasteiger partial charge in [-0.1, -0.05) is 29.0 Å². The predicted molar refractivity (Wildman–Crippen MR) is 120 cm³/mol. The molecule has 0 spiro atoms. The topological polar surface area (TPSA) is 56.1 Å². The molecule has 0 atom stereocenters. The molecular formula is C23H28N3O3S+. The molecule has 2 heterocycles. The van der Waals surface area contributed by atoms with Crippen LogP contribution in [-0.2, 0) is 0 Å². The van der Waals surface area contributed by atoms with Crippen LogP contribution >= 0.6 is 11.3 Å². The summed E-state index contributed by atoms with van der Waals surface area (Å²) in [5.74, 6) is 1.45. The third kappa shape index (κ3) is 4.27. The van der Waals surface area contributed by atoms with E-state index >= 15 is 0 Å². The quantitative estimate of drug-likeness (QED) is 0.631. The highest BCUT2D eigenvalue weighted by molar-refractivity contribution is 7.22. The van der Waals surface area contributed by atoms with E-state index < -0.39 is 0 Å². The minimum absolute atomic E-state index is 0.0124. The Kier molecular flexibility index (Phi) is 6.20. The van der Waals surface area contributed by atoms with Gasteiger partial charge < -0.3 is 14.4 Å². The maximum absolute atomic E-state index is 13.5. The highest BCUT2D eigenvalue weighted by Crippen LogP contribution is 2.39. The number of nitrogens with zero attached hydrogens (tertiary/aromatic N) is 2. The van der Waals surface area contributed by atoms with Crippen LogP contribution in [0.4, 0.5) is 5.13 Å². The Bertz CT molecular complexity index is 1000. The van der Waals surface area contributed by atoms with Crippen molar-refractivity contribution in [3.63, 3.8) is 0 Å². The molecule has 0 aliphatic carbocycles. The van der Waals surface area contributed by atoms with Crippen molar-refractivity contribution >= 4 is 32.6 Å². The highest BCUT2D eigenvalue weighted by Gasteiger charge is 2.24. The second-order valence-corrected chi connectivity index (χ2v) is 8.50. The van der Waals surface area contributed by atoms with E-state index in [-0.39, 0.29) is 5.91 Å². The summed E-state index contributed by atoms with van der Waals surface area (Å²) in [5.41, 5.74) is 2.59. The number of ether oxygens (including phenoxy) is 2. The van der Waals surface area contributed by atoms with E-state index in [2.05, 4.69) is 13.8 Å². The number of carbonyl (C=O) groups is 1. The number of aromatic nitrogens is 1. The molecule has 1 aliphatic heterocycles. The molecule has 0 saturated heterocycles. The number of fused-ring (bicyclic) bond motifs is 2. The first-order valence-electron chi connectivity index (χ1n) is 10.5. The van der Waals surface area contributed by atoms with Crippen molar-refractivity contribution in [2.75, 3.05) is 44.3 Å². The molecule has 30 heavy (non-hydrogen) atoms. The largest absolute Gasteiger partial charge is 0.486 e. The number of nitrogens with one attached hydrogen (secondary N) is 1. The molecule has 7 heteroatoms. The lowest BCUT2D eigenvalue weighted by Gasteiger charge is -2.23. The Morgan fingerprint density at radius 1 is 1.13 bits per heavy atom. The van der Waals surface area contributed by atoms with Gasteiger partial charge in [-0.25, -0.2) is 4.98 Å². The van der Waals surface area contributed by atoms with Crippen LogP contribution < -0.4 is 19.3 Å². The van der Waals surface area contributed by atoms with Crippen LogP contribution in [-0.4, -0.2) is 50.3 Å². The number of aryl methyl sites for hydroxylation is 1. The van der Waals surface area contributed by atoms with E-state index in [1.54, 1.807) is 0 Å². The molecule has 1 N–H and O–H groups in total. The van der Waals surface area contributed by atoms with Crippen molar-refractivity contribution in [2.45, 2.75) is 20.8 Å². The molecule has 4 rings (SSSR count). The molecule has 1 amide bonds. The minimum atomic E-state index is -0.0124. The number of amides is 1. The van der Waals surface area contributed by atoms with Gasteiger partial charge in [-0.05, 0) is 32.9 Å². The fourth-order valence-electron chi connectivity index (χ4n) is 3.66. The zero-order valence-electron chi connectivity index (χ0n) is 17.7. The summed E-state index contributed by atoms with van der Waals surface area (Å²) in [7, 11) is 0. The van der Waals surface area contributed by atoms with Crippen molar-refractivity contribution in [2.24, 2.45) is 0 Å². The summed E-state index contributed by atoms with van der Waals surface area (Å²) in [6, 6.07) is 11.6. The Labute approximate surface area is 181 Å². The first-order chi connectivity index (χ1) is 14.6. The molecule has 158 valence electrons. The molecule has 0 unspecified atom stereocenters. The SMILES string of the molecule is CC[NH+](CC)CCN(C(=O)c1cccc(C)c1)c1nc2cc3c(cc2s1)OCCO3. The van der Waals surface area contributed by atoms with Crippen molar-refractivity contribution < 1.29 is 19.2 Å². The average molecular weight is 427 g/mol. The molecule has 1 aromatic heterocycles. The van der Waals surface area contributed by atoms with E-state index in [0.717, 1.165) is 46.9 Å². The number of hydrogen-bond acceptors (Lipinski definition) is 5.